The van der Waals surface area contributed by atoms with Gasteiger partial charge in [-0.3, -0.25) is 5.32 Å². The Balaban J connectivity index is 2.84. The molecule has 0 atom stereocenters. The molecule has 0 aliphatic heterocycles. The highest BCUT2D eigenvalue weighted by atomic mass is 35.5. The summed E-state index contributed by atoms with van der Waals surface area (Å²) in [6.07, 6.45) is 1.12. The molecule has 0 bridgehead atoms. The van der Waals surface area contributed by atoms with Crippen molar-refractivity contribution in [3.63, 3.8) is 0 Å². The lowest BCUT2D eigenvalue weighted by Gasteiger charge is -2.16. The van der Waals surface area contributed by atoms with Crippen molar-refractivity contribution >= 4 is 23.4 Å². The van der Waals surface area contributed by atoms with Gasteiger partial charge in [0, 0.05) is 5.69 Å². The molecule has 1 N–H and O–H groups in total. The number of hydrogen-bond acceptors (Lipinski definition) is 3. The van der Waals surface area contributed by atoms with Gasteiger partial charge in [-0.1, -0.05) is 25.7 Å². The number of rotatable bonds is 6. The quantitative estimate of drug-likeness (QED) is 0.636. The van der Waals surface area contributed by atoms with E-state index in [0.717, 1.165) is 29.7 Å². The summed E-state index contributed by atoms with van der Waals surface area (Å²) in [4.78, 5) is 11.7. The predicted molar refractivity (Wildman–Crippen MR) is 89.8 cm³/mol. The Morgan fingerprint density at radius 3 is 2.32 bits per heavy atom. The number of carbonyl (C=O) groups excluding carboxylic acids is 1. The van der Waals surface area contributed by atoms with Crippen LogP contribution in [0.1, 0.15) is 31.9 Å². The van der Waals surface area contributed by atoms with Gasteiger partial charge >= 0.3 is 6.09 Å². The second kappa shape index (κ2) is 9.97. The van der Waals surface area contributed by atoms with E-state index in [1.807, 2.05) is 19.1 Å². The van der Waals surface area contributed by atoms with Gasteiger partial charge < -0.3 is 9.47 Å². The highest BCUT2D eigenvalue weighted by Crippen LogP contribution is 2.29. The normalized spacial score (nSPS) is 9.64. The molecule has 0 unspecified atom stereocenters. The molecule has 0 aliphatic rings. The third kappa shape index (κ3) is 5.50. The zero-order valence-corrected chi connectivity index (χ0v) is 14.0. The number of amides is 1. The predicted octanol–water partition coefficient (Wildman–Crippen LogP) is 4.00. The van der Waals surface area contributed by atoms with Crippen LogP contribution in [-0.4, -0.2) is 25.2 Å². The van der Waals surface area contributed by atoms with Gasteiger partial charge in [-0.15, -0.1) is 11.6 Å². The first-order valence-corrected chi connectivity index (χ1v) is 7.93. The molecular weight excluding hydrogens is 302 g/mol. The van der Waals surface area contributed by atoms with E-state index in [2.05, 4.69) is 31.0 Å². The summed E-state index contributed by atoms with van der Waals surface area (Å²) in [5.41, 5.74) is 2.84. The molecule has 4 nitrogen and oxygen atoms in total. The van der Waals surface area contributed by atoms with Crippen LogP contribution in [0.4, 0.5) is 10.5 Å². The lowest BCUT2D eigenvalue weighted by Crippen LogP contribution is -2.14. The highest BCUT2D eigenvalue weighted by molar-refractivity contribution is 6.19. The molecule has 0 heterocycles. The molecule has 1 aromatic rings. The number of hydrogen-bond donors (Lipinski definition) is 1. The van der Waals surface area contributed by atoms with Gasteiger partial charge in [-0.2, -0.15) is 0 Å². The third-order valence-electron chi connectivity index (χ3n) is 3.01. The maximum Gasteiger partial charge on any atom is 0.412 e. The SMILES string of the molecule is CCOc1c(CC)cc(NC(=O)OCC#CCCl)cc1CC. The Morgan fingerprint density at radius 2 is 1.82 bits per heavy atom. The Morgan fingerprint density at radius 1 is 1.18 bits per heavy atom. The van der Waals surface area contributed by atoms with Gasteiger partial charge in [0.15, 0.2) is 6.61 Å². The molecule has 0 saturated carbocycles. The molecule has 0 saturated heterocycles. The number of aryl methyl sites for hydroxylation is 2. The van der Waals surface area contributed by atoms with Crippen LogP contribution in [0.2, 0.25) is 0 Å². The maximum atomic E-state index is 11.7. The van der Waals surface area contributed by atoms with Crippen molar-refractivity contribution in [2.45, 2.75) is 33.6 Å². The second-order valence-corrected chi connectivity index (χ2v) is 4.72. The summed E-state index contributed by atoms with van der Waals surface area (Å²) in [6.45, 7) is 6.72. The van der Waals surface area contributed by atoms with Crippen molar-refractivity contribution in [2.75, 3.05) is 24.4 Å². The van der Waals surface area contributed by atoms with Crippen LogP contribution >= 0.6 is 11.6 Å². The van der Waals surface area contributed by atoms with Crippen LogP contribution < -0.4 is 10.1 Å². The first-order valence-electron chi connectivity index (χ1n) is 7.40. The number of benzene rings is 1. The zero-order chi connectivity index (χ0) is 16.4. The van der Waals surface area contributed by atoms with Crippen molar-refractivity contribution in [1.29, 1.82) is 0 Å². The van der Waals surface area contributed by atoms with E-state index >= 15 is 0 Å². The van der Waals surface area contributed by atoms with Crippen molar-refractivity contribution < 1.29 is 14.3 Å². The molecule has 0 spiro atoms. The van der Waals surface area contributed by atoms with Crippen molar-refractivity contribution in [3.8, 4) is 17.6 Å². The molecular formula is C17H22ClNO3. The van der Waals surface area contributed by atoms with Crippen LogP contribution in [0.15, 0.2) is 12.1 Å². The van der Waals surface area contributed by atoms with Crippen molar-refractivity contribution in [3.05, 3.63) is 23.3 Å². The van der Waals surface area contributed by atoms with E-state index < -0.39 is 6.09 Å². The molecule has 0 aliphatic carbocycles. The Labute approximate surface area is 137 Å². The van der Waals surface area contributed by atoms with Crippen LogP contribution in [0.5, 0.6) is 5.75 Å². The summed E-state index contributed by atoms with van der Waals surface area (Å²) in [5.74, 6) is 6.40. The Kier molecular flexibility index (Phi) is 8.24. The van der Waals surface area contributed by atoms with Crippen molar-refractivity contribution in [1.82, 2.24) is 0 Å². The molecule has 120 valence electrons. The van der Waals surface area contributed by atoms with Crippen LogP contribution in [0.3, 0.4) is 0 Å². The van der Waals surface area contributed by atoms with E-state index in [4.69, 9.17) is 21.1 Å². The van der Waals surface area contributed by atoms with Gasteiger partial charge in [-0.25, -0.2) is 4.79 Å². The van der Waals surface area contributed by atoms with Gasteiger partial charge in [-0.05, 0) is 43.0 Å². The minimum Gasteiger partial charge on any atom is -0.493 e. The largest absolute Gasteiger partial charge is 0.493 e. The third-order valence-corrected chi connectivity index (χ3v) is 3.14. The lowest BCUT2D eigenvalue weighted by atomic mass is 10.0. The summed E-state index contributed by atoms with van der Waals surface area (Å²) in [5, 5.41) is 2.72. The molecule has 0 fully saturated rings. The van der Waals surface area contributed by atoms with E-state index in [9.17, 15) is 4.79 Å². The Bertz CT molecular complexity index is 536. The molecule has 0 radical (unpaired) electrons. The highest BCUT2D eigenvalue weighted by Gasteiger charge is 2.12. The summed E-state index contributed by atoms with van der Waals surface area (Å²) in [7, 11) is 0. The fraction of sp³-hybridized carbons (Fsp3) is 0.471. The standard InChI is InChI=1S/C17H22ClNO3/c1-4-13-11-15(12-14(5-2)16(13)21-6-3)19-17(20)22-10-8-7-9-18/h11-12H,4-6,9-10H2,1-3H3,(H,19,20). The summed E-state index contributed by atoms with van der Waals surface area (Å²) in [6, 6.07) is 3.83. The second-order valence-electron chi connectivity index (χ2n) is 4.45. The first kappa shape index (κ1) is 18.2. The molecule has 22 heavy (non-hydrogen) atoms. The Hall–Kier alpha value is -1.86. The fourth-order valence-corrected chi connectivity index (χ4v) is 2.13. The topological polar surface area (TPSA) is 47.6 Å². The van der Waals surface area contributed by atoms with Crippen molar-refractivity contribution in [2.24, 2.45) is 0 Å². The minimum absolute atomic E-state index is 0.0247. The number of ether oxygens (including phenoxy) is 2. The monoisotopic (exact) mass is 323 g/mol. The number of nitrogens with one attached hydrogen (secondary N) is 1. The van der Waals surface area contributed by atoms with E-state index in [0.29, 0.717) is 12.3 Å². The van der Waals surface area contributed by atoms with Crippen LogP contribution in [-0.2, 0) is 17.6 Å². The number of anilines is 1. The lowest BCUT2D eigenvalue weighted by molar-refractivity contribution is 0.176. The maximum absolute atomic E-state index is 11.7. The number of alkyl halides is 1. The minimum atomic E-state index is -0.530. The summed E-state index contributed by atoms with van der Waals surface area (Å²) >= 11 is 5.41. The summed E-state index contributed by atoms with van der Waals surface area (Å²) < 4.78 is 10.7. The average Bonchev–Trinajstić information content (AvgIpc) is 2.52. The fourth-order valence-electron chi connectivity index (χ4n) is 2.04. The van der Waals surface area contributed by atoms with Gasteiger partial charge in [0.25, 0.3) is 0 Å². The van der Waals surface area contributed by atoms with Gasteiger partial charge in [0.2, 0.25) is 0 Å². The molecule has 1 rings (SSSR count). The van der Waals surface area contributed by atoms with E-state index in [1.165, 1.54) is 0 Å². The number of halogens is 1. The first-order chi connectivity index (χ1) is 10.7. The van der Waals surface area contributed by atoms with Crippen LogP contribution in [0.25, 0.3) is 0 Å². The zero-order valence-electron chi connectivity index (χ0n) is 13.3. The molecule has 1 amide bonds. The molecule has 1 aromatic carbocycles. The van der Waals surface area contributed by atoms with Gasteiger partial charge in [0.1, 0.15) is 5.75 Å². The molecule has 0 aromatic heterocycles. The number of carbonyl (C=O) groups is 1. The smallest absolute Gasteiger partial charge is 0.412 e. The van der Waals surface area contributed by atoms with E-state index in [-0.39, 0.29) is 12.5 Å². The molecule has 5 heteroatoms. The van der Waals surface area contributed by atoms with E-state index in [1.54, 1.807) is 0 Å². The average molecular weight is 324 g/mol. The van der Waals surface area contributed by atoms with Gasteiger partial charge in [0.05, 0.1) is 12.5 Å². The van der Waals surface area contributed by atoms with Crippen LogP contribution in [0, 0.1) is 11.8 Å².